The zero-order valence-electron chi connectivity index (χ0n) is 17.1. The average Bonchev–Trinajstić information content (AvgIpc) is 3.21. The first-order chi connectivity index (χ1) is 15.1. The van der Waals surface area contributed by atoms with Crippen molar-refractivity contribution in [1.29, 1.82) is 0 Å². The van der Waals surface area contributed by atoms with E-state index in [0.29, 0.717) is 18.7 Å². The molecule has 0 saturated carbocycles. The SMILES string of the molecule is CN(Cc1ccccc1)C(=O)COC(=O)c1ccc(Cn2nnc3ccccc32)cc1. The molecule has 1 heterocycles. The van der Waals surface area contributed by atoms with Gasteiger partial charge >= 0.3 is 5.97 Å². The van der Waals surface area contributed by atoms with Crippen LogP contribution in [0.4, 0.5) is 0 Å². The number of amides is 1. The van der Waals surface area contributed by atoms with Gasteiger partial charge in [0.05, 0.1) is 17.6 Å². The lowest BCUT2D eigenvalue weighted by molar-refractivity contribution is -0.133. The molecule has 4 rings (SSSR count). The maximum Gasteiger partial charge on any atom is 0.338 e. The molecule has 0 bridgehead atoms. The Bertz CT molecular complexity index is 1190. The number of carbonyl (C=O) groups is 2. The number of nitrogens with zero attached hydrogens (tertiary/aromatic N) is 4. The number of benzene rings is 3. The summed E-state index contributed by atoms with van der Waals surface area (Å²) in [6.45, 7) is 0.705. The molecule has 0 unspecified atom stereocenters. The van der Waals surface area contributed by atoms with Crippen molar-refractivity contribution in [3.63, 3.8) is 0 Å². The number of hydrogen-bond donors (Lipinski definition) is 0. The van der Waals surface area contributed by atoms with E-state index >= 15 is 0 Å². The van der Waals surface area contributed by atoms with Gasteiger partial charge in [0, 0.05) is 13.6 Å². The molecule has 1 amide bonds. The van der Waals surface area contributed by atoms with Crippen LogP contribution in [-0.4, -0.2) is 45.4 Å². The van der Waals surface area contributed by atoms with E-state index in [2.05, 4.69) is 10.3 Å². The monoisotopic (exact) mass is 414 g/mol. The standard InChI is InChI=1S/C24H22N4O3/c1-27(15-18-7-3-2-4-8-18)23(29)17-31-24(30)20-13-11-19(12-14-20)16-28-22-10-6-5-9-21(22)25-26-28/h2-14H,15-17H2,1H3. The highest BCUT2D eigenvalue weighted by atomic mass is 16.5. The Hall–Kier alpha value is -4.00. The molecule has 3 aromatic carbocycles. The predicted octanol–water partition coefficient (Wildman–Crippen LogP) is 3.30. The molecule has 156 valence electrons. The van der Waals surface area contributed by atoms with Crippen molar-refractivity contribution in [1.82, 2.24) is 19.9 Å². The van der Waals surface area contributed by atoms with Gasteiger partial charge in [-0.15, -0.1) is 5.10 Å². The highest BCUT2D eigenvalue weighted by Gasteiger charge is 2.14. The summed E-state index contributed by atoms with van der Waals surface area (Å²) >= 11 is 0. The van der Waals surface area contributed by atoms with Crippen molar-refractivity contribution in [3.8, 4) is 0 Å². The number of rotatable bonds is 7. The van der Waals surface area contributed by atoms with Crippen LogP contribution < -0.4 is 0 Å². The van der Waals surface area contributed by atoms with Crippen LogP contribution in [-0.2, 0) is 22.6 Å². The molecule has 0 aliphatic heterocycles. The Morgan fingerprint density at radius 3 is 2.39 bits per heavy atom. The number of para-hydroxylation sites is 1. The normalized spacial score (nSPS) is 10.7. The van der Waals surface area contributed by atoms with E-state index in [-0.39, 0.29) is 12.5 Å². The number of carbonyl (C=O) groups excluding carboxylic acids is 2. The van der Waals surface area contributed by atoms with Crippen molar-refractivity contribution in [3.05, 3.63) is 95.6 Å². The lowest BCUT2D eigenvalue weighted by Gasteiger charge is -2.17. The molecule has 0 saturated heterocycles. The van der Waals surface area contributed by atoms with Crippen molar-refractivity contribution < 1.29 is 14.3 Å². The first-order valence-electron chi connectivity index (χ1n) is 9.92. The summed E-state index contributed by atoms with van der Waals surface area (Å²) in [5.74, 6) is -0.786. The van der Waals surface area contributed by atoms with E-state index in [0.717, 1.165) is 22.2 Å². The van der Waals surface area contributed by atoms with Gasteiger partial charge in [0.1, 0.15) is 5.52 Å². The van der Waals surface area contributed by atoms with Gasteiger partial charge in [-0.05, 0) is 35.4 Å². The molecule has 0 N–H and O–H groups in total. The van der Waals surface area contributed by atoms with E-state index in [1.54, 1.807) is 19.2 Å². The Morgan fingerprint density at radius 1 is 0.903 bits per heavy atom. The minimum absolute atomic E-state index is 0.258. The van der Waals surface area contributed by atoms with Gasteiger partial charge in [0.25, 0.3) is 5.91 Å². The lowest BCUT2D eigenvalue weighted by Crippen LogP contribution is -2.30. The second-order valence-electron chi connectivity index (χ2n) is 7.24. The Balaban J connectivity index is 1.31. The molecule has 0 fully saturated rings. The zero-order valence-corrected chi connectivity index (χ0v) is 17.1. The van der Waals surface area contributed by atoms with Gasteiger partial charge in [-0.25, -0.2) is 9.48 Å². The van der Waals surface area contributed by atoms with Gasteiger partial charge in [0.2, 0.25) is 0 Å². The third-order valence-electron chi connectivity index (χ3n) is 4.96. The molecule has 0 aliphatic carbocycles. The molecular formula is C24H22N4O3. The van der Waals surface area contributed by atoms with Crippen molar-refractivity contribution in [2.24, 2.45) is 0 Å². The summed E-state index contributed by atoms with van der Waals surface area (Å²) in [4.78, 5) is 26.1. The van der Waals surface area contributed by atoms with Crippen LogP contribution in [0, 0.1) is 0 Å². The quantitative estimate of drug-likeness (QED) is 0.434. The van der Waals surface area contributed by atoms with Crippen LogP contribution in [0.1, 0.15) is 21.5 Å². The zero-order chi connectivity index (χ0) is 21.6. The molecular weight excluding hydrogens is 392 g/mol. The first kappa shape index (κ1) is 20.3. The third-order valence-corrected chi connectivity index (χ3v) is 4.96. The van der Waals surface area contributed by atoms with Crippen molar-refractivity contribution >= 4 is 22.9 Å². The van der Waals surface area contributed by atoms with Crippen LogP contribution in [0.15, 0.2) is 78.9 Å². The van der Waals surface area contributed by atoms with Crippen LogP contribution in [0.3, 0.4) is 0 Å². The third kappa shape index (κ3) is 4.95. The van der Waals surface area contributed by atoms with Gasteiger partial charge in [0.15, 0.2) is 6.61 Å². The summed E-state index contributed by atoms with van der Waals surface area (Å²) in [7, 11) is 1.69. The number of hydrogen-bond acceptors (Lipinski definition) is 5. The van der Waals surface area contributed by atoms with E-state index in [1.165, 1.54) is 4.90 Å². The summed E-state index contributed by atoms with van der Waals surface area (Å²) in [5.41, 5.74) is 4.17. The Kier molecular flexibility index (Phi) is 6.03. The maximum absolute atomic E-state index is 12.3. The first-order valence-corrected chi connectivity index (χ1v) is 9.92. The molecule has 0 spiro atoms. The highest BCUT2D eigenvalue weighted by molar-refractivity contribution is 5.91. The molecule has 1 aromatic heterocycles. The fraction of sp³-hybridized carbons (Fsp3) is 0.167. The van der Waals surface area contributed by atoms with Gasteiger partial charge in [-0.1, -0.05) is 59.8 Å². The summed E-state index contributed by atoms with van der Waals surface area (Å²) in [6, 6.07) is 24.5. The second kappa shape index (κ2) is 9.21. The number of aromatic nitrogens is 3. The minimum Gasteiger partial charge on any atom is -0.452 e. The number of fused-ring (bicyclic) bond motifs is 1. The number of esters is 1. The second-order valence-corrected chi connectivity index (χ2v) is 7.24. The van der Waals surface area contributed by atoms with Crippen LogP contribution in [0.5, 0.6) is 0 Å². The van der Waals surface area contributed by atoms with E-state index in [1.807, 2.05) is 71.4 Å². The Labute approximate surface area is 179 Å². The number of ether oxygens (including phenoxy) is 1. The topological polar surface area (TPSA) is 77.3 Å². The van der Waals surface area contributed by atoms with E-state index < -0.39 is 5.97 Å². The maximum atomic E-state index is 12.3. The molecule has 0 aliphatic rings. The molecule has 7 nitrogen and oxygen atoms in total. The fourth-order valence-corrected chi connectivity index (χ4v) is 3.22. The van der Waals surface area contributed by atoms with Crippen LogP contribution >= 0.6 is 0 Å². The summed E-state index contributed by atoms with van der Waals surface area (Å²) in [5, 5.41) is 8.32. The van der Waals surface area contributed by atoms with Crippen molar-refractivity contribution in [2.45, 2.75) is 13.1 Å². The van der Waals surface area contributed by atoms with Crippen molar-refractivity contribution in [2.75, 3.05) is 13.7 Å². The van der Waals surface area contributed by atoms with Gasteiger partial charge in [-0.3, -0.25) is 4.79 Å². The predicted molar refractivity (Wildman–Crippen MR) is 116 cm³/mol. The van der Waals surface area contributed by atoms with Crippen LogP contribution in [0.2, 0.25) is 0 Å². The lowest BCUT2D eigenvalue weighted by atomic mass is 10.1. The smallest absolute Gasteiger partial charge is 0.338 e. The molecule has 7 heteroatoms. The molecule has 31 heavy (non-hydrogen) atoms. The average molecular weight is 414 g/mol. The van der Waals surface area contributed by atoms with Gasteiger partial charge < -0.3 is 9.64 Å². The molecule has 4 aromatic rings. The van der Waals surface area contributed by atoms with Crippen LogP contribution in [0.25, 0.3) is 11.0 Å². The summed E-state index contributed by atoms with van der Waals surface area (Å²) in [6.07, 6.45) is 0. The van der Waals surface area contributed by atoms with E-state index in [9.17, 15) is 9.59 Å². The fourth-order valence-electron chi connectivity index (χ4n) is 3.22. The Morgan fingerprint density at radius 2 is 1.61 bits per heavy atom. The largest absolute Gasteiger partial charge is 0.452 e. The highest BCUT2D eigenvalue weighted by Crippen LogP contribution is 2.13. The number of likely N-dealkylation sites (N-methyl/N-ethyl adjacent to an activating group) is 1. The van der Waals surface area contributed by atoms with Gasteiger partial charge in [-0.2, -0.15) is 0 Å². The molecule has 0 radical (unpaired) electrons. The van der Waals surface area contributed by atoms with E-state index in [4.69, 9.17) is 4.74 Å². The molecule has 0 atom stereocenters. The minimum atomic E-state index is -0.529. The summed E-state index contributed by atoms with van der Waals surface area (Å²) < 4.78 is 7.00.